The first-order chi connectivity index (χ1) is 68.0. The van der Waals surface area contributed by atoms with E-state index >= 15 is 0 Å². The molecule has 6 aromatic heterocycles. The molecule has 0 aliphatic carbocycles. The van der Waals surface area contributed by atoms with Crippen molar-refractivity contribution < 1.29 is 31.1 Å². The first kappa shape index (κ1) is 102. The molecule has 0 bridgehead atoms. The van der Waals surface area contributed by atoms with Crippen LogP contribution in [0.5, 0.6) is 5.75 Å². The Balaban J connectivity index is 0.000000142. The minimum absolute atomic E-state index is 0.0163. The predicted molar refractivity (Wildman–Crippen MR) is 558 cm³/mol. The average Bonchev–Trinajstić information content (AvgIpc) is 0.838. The van der Waals surface area contributed by atoms with Gasteiger partial charge < -0.3 is 68.5 Å². The van der Waals surface area contributed by atoms with Crippen molar-refractivity contribution in [1.82, 2.24) is 59.8 Å². The van der Waals surface area contributed by atoms with Crippen molar-refractivity contribution >= 4 is 185 Å². The minimum Gasteiger partial charge on any atom is -0.497 e. The maximum absolute atomic E-state index is 14.2. The Kier molecular flexibility index (Phi) is 35.9. The highest BCUT2D eigenvalue weighted by atomic mass is 35.5. The number of aromatic nitrogens is 12. The summed E-state index contributed by atoms with van der Waals surface area (Å²) < 4.78 is 88.9. The molecule has 0 saturated carbocycles. The SMILES string of the molecule is COc1ccc(Nc2ncc(F)c(Nc3ccc(C)cc3)n2)cc1.Cc1ccc(C)c(Nc2ncc(F)c(Nc3cc(C)ccc3C)n2)c1.Cc1ccc(Nc2ncc(F)c(Nc3ccc(C)c(C)c3)n2)cc1C.Fc1cnc(Nc2cccc(Cl)c2)nc1Nc1cccc(Cl)c1.Fc1cnc(Nc2ccccc2)nc1Nc1ccccc1.Fc1cnc(Nc2ccccc2Cl)nc1Nc1ccccc1Cl. The number of benzene rings is 12. The van der Waals surface area contributed by atoms with E-state index in [4.69, 9.17) is 51.1 Å². The summed E-state index contributed by atoms with van der Waals surface area (Å²) in [6.45, 7) is 18.1. The maximum Gasteiger partial charge on any atom is 0.229 e. The van der Waals surface area contributed by atoms with Crippen molar-refractivity contribution in [2.75, 3.05) is 70.9 Å². The van der Waals surface area contributed by atoms with Crippen LogP contribution in [0.4, 0.5) is 165 Å². The number of aryl methyl sites for hydroxylation is 9. The van der Waals surface area contributed by atoms with Crippen LogP contribution in [0.15, 0.2) is 316 Å². The summed E-state index contributed by atoms with van der Waals surface area (Å²) in [6.07, 6.45) is 6.78. The van der Waals surface area contributed by atoms with Crippen LogP contribution in [0.25, 0.3) is 0 Å². The van der Waals surface area contributed by atoms with Crippen LogP contribution in [-0.2, 0) is 0 Å². The number of rotatable bonds is 25. The number of hydrogen-bond acceptors (Lipinski definition) is 25. The molecule has 0 unspecified atom stereocenters. The lowest BCUT2D eigenvalue weighted by Crippen LogP contribution is -2.05. The second-order valence-electron chi connectivity index (χ2n) is 31.4. The van der Waals surface area contributed by atoms with Crippen molar-refractivity contribution in [2.45, 2.75) is 62.3 Å². The van der Waals surface area contributed by atoms with E-state index in [0.29, 0.717) is 66.6 Å². The van der Waals surface area contributed by atoms with Crippen molar-refractivity contribution in [3.8, 4) is 5.75 Å². The highest BCUT2D eigenvalue weighted by Gasteiger charge is 2.18. The monoisotopic (exact) mass is 1970 g/mol. The van der Waals surface area contributed by atoms with Gasteiger partial charge in [-0.15, -0.1) is 0 Å². The number of para-hydroxylation sites is 4. The van der Waals surface area contributed by atoms with Crippen LogP contribution in [-0.4, -0.2) is 66.9 Å². The van der Waals surface area contributed by atoms with E-state index in [1.54, 1.807) is 86.0 Å². The molecule has 18 aromatic rings. The number of methoxy groups -OCH3 is 1. The topological polar surface area (TPSA) is 308 Å². The third-order valence-corrected chi connectivity index (χ3v) is 21.6. The average molecular weight is 1980 g/mol. The van der Waals surface area contributed by atoms with Crippen LogP contribution >= 0.6 is 46.4 Å². The van der Waals surface area contributed by atoms with E-state index in [2.05, 4.69) is 131 Å². The van der Waals surface area contributed by atoms with E-state index in [9.17, 15) is 26.3 Å². The predicted octanol–water partition coefficient (Wildman–Crippen LogP) is 30.0. The van der Waals surface area contributed by atoms with Gasteiger partial charge in [-0.2, -0.15) is 29.9 Å². The zero-order chi connectivity index (χ0) is 99.9. The Morgan fingerprint density at radius 1 is 0.213 bits per heavy atom. The van der Waals surface area contributed by atoms with E-state index in [-0.39, 0.29) is 46.8 Å². The number of hydrogen-bond donors (Lipinski definition) is 12. The Labute approximate surface area is 831 Å². The summed E-state index contributed by atoms with van der Waals surface area (Å²) >= 11 is 24.0. The summed E-state index contributed by atoms with van der Waals surface area (Å²) in [4.78, 5) is 48.9. The Bertz CT molecular complexity index is 7290. The molecule has 12 N–H and O–H groups in total. The molecular formula is C106H94Cl4F6N24O. The molecule has 12 aromatic carbocycles. The normalized spacial score (nSPS) is 10.4. The van der Waals surface area contributed by atoms with Crippen LogP contribution in [0, 0.1) is 97.2 Å². The van der Waals surface area contributed by atoms with Crippen LogP contribution in [0.3, 0.4) is 0 Å². The van der Waals surface area contributed by atoms with Gasteiger partial charge in [0, 0.05) is 66.9 Å². The second-order valence-corrected chi connectivity index (χ2v) is 33.1. The summed E-state index contributed by atoms with van der Waals surface area (Å²) in [7, 11) is 1.61. The van der Waals surface area contributed by atoms with Crippen molar-refractivity contribution in [3.63, 3.8) is 0 Å². The molecule has 141 heavy (non-hydrogen) atoms. The van der Waals surface area contributed by atoms with Gasteiger partial charge >= 0.3 is 0 Å². The fraction of sp³-hybridized carbons (Fsp3) is 0.0943. The van der Waals surface area contributed by atoms with Crippen LogP contribution in [0.2, 0.25) is 20.1 Å². The molecule has 0 aliphatic rings. The largest absolute Gasteiger partial charge is 0.497 e. The zero-order valence-electron chi connectivity index (χ0n) is 77.6. The van der Waals surface area contributed by atoms with Gasteiger partial charge in [0.2, 0.25) is 35.7 Å². The first-order valence-electron chi connectivity index (χ1n) is 43.5. The van der Waals surface area contributed by atoms with E-state index < -0.39 is 34.9 Å². The molecule has 18 rings (SSSR count). The Hall–Kier alpha value is -16.7. The van der Waals surface area contributed by atoms with Gasteiger partial charge in [-0.1, -0.05) is 173 Å². The number of nitrogens with one attached hydrogen (secondary N) is 12. The summed E-state index contributed by atoms with van der Waals surface area (Å²) in [5.41, 5.74) is 19.2. The highest BCUT2D eigenvalue weighted by Crippen LogP contribution is 2.34. The van der Waals surface area contributed by atoms with Crippen molar-refractivity contribution in [1.29, 1.82) is 0 Å². The number of nitrogens with zero attached hydrogens (tertiary/aromatic N) is 12. The zero-order valence-corrected chi connectivity index (χ0v) is 80.6. The minimum atomic E-state index is -0.588. The maximum atomic E-state index is 14.2. The molecule has 25 nitrogen and oxygen atoms in total. The number of anilines is 24. The standard InChI is InChI=1S/2C20H21FN4.C18H17FN4O.2C16H11Cl2FN4.C16H13FN4/c1-12-5-7-16(9-14(12)3)23-19-18(21)11-22-20(25-19)24-17-8-6-13(2)15(4)10-17;1-12-5-7-14(3)17(9-12)23-19-16(21)11-22-20(25-19)24-18-10-13(2)6-8-15(18)4;1-12-3-5-13(6-4-12)21-17-16(19)11-20-18(23-17)22-14-7-9-15(24-2)10-8-14;17-10-3-1-5-12(7-10)21-15-14(19)9-20-16(23-15)22-13-6-2-4-11(18)8-13;17-10-5-1-3-7-13(10)21-15-12(19)9-20-16(23-15)22-14-8-4-2-6-11(14)18;17-14-11-18-16(20-13-9-5-2-6-10-13)21-15(14)19-12-7-3-1-4-8-12/h2*5-11H,1-4H3,(H2,22,23,24,25);3-11H,1-2H3,(H2,20,21,22,23);2*1-9H,(H2,20,21,22,23);1-11H,(H2,18,19,20,21). The van der Waals surface area contributed by atoms with Gasteiger partial charge in [0.15, 0.2) is 69.8 Å². The molecule has 0 radical (unpaired) electrons. The lowest BCUT2D eigenvalue weighted by molar-refractivity contribution is 0.415. The van der Waals surface area contributed by atoms with Gasteiger partial charge in [-0.3, -0.25) is 0 Å². The van der Waals surface area contributed by atoms with Gasteiger partial charge in [0.1, 0.15) is 5.75 Å². The lowest BCUT2D eigenvalue weighted by atomic mass is 10.1. The molecule has 0 aliphatic heterocycles. The summed E-state index contributed by atoms with van der Waals surface area (Å²) in [6, 6.07) is 85.7. The second kappa shape index (κ2) is 49.8. The quantitative estimate of drug-likeness (QED) is 0.0237. The van der Waals surface area contributed by atoms with E-state index in [0.717, 1.165) is 109 Å². The van der Waals surface area contributed by atoms with Gasteiger partial charge in [0.05, 0.1) is 65.7 Å². The van der Waals surface area contributed by atoms with E-state index in [1.807, 2.05) is 256 Å². The fourth-order valence-corrected chi connectivity index (χ4v) is 13.4. The number of ether oxygens (including phenoxy) is 1. The third-order valence-electron chi connectivity index (χ3n) is 20.4. The van der Waals surface area contributed by atoms with Crippen LogP contribution in [0.1, 0.15) is 50.1 Å². The molecule has 6 heterocycles. The molecular weight excluding hydrogens is 1880 g/mol. The molecule has 0 fully saturated rings. The van der Waals surface area contributed by atoms with E-state index in [1.165, 1.54) is 29.1 Å². The first-order valence-corrected chi connectivity index (χ1v) is 45.0. The van der Waals surface area contributed by atoms with Gasteiger partial charge in [0.25, 0.3) is 0 Å². The number of halogens is 10. The highest BCUT2D eigenvalue weighted by molar-refractivity contribution is 6.34. The molecule has 714 valence electrons. The molecule has 0 amide bonds. The summed E-state index contributed by atoms with van der Waals surface area (Å²) in [5, 5.41) is 38.1. The fourth-order valence-electron chi connectivity index (χ4n) is 12.6. The van der Waals surface area contributed by atoms with Gasteiger partial charge in [-0.25, -0.2) is 56.2 Å². The van der Waals surface area contributed by atoms with Crippen molar-refractivity contribution in [2.24, 2.45) is 0 Å². The Morgan fingerprint density at radius 3 is 0.858 bits per heavy atom. The lowest BCUT2D eigenvalue weighted by Gasteiger charge is -2.13. The summed E-state index contributed by atoms with van der Waals surface area (Å²) in [5.74, 6) is -0.0125. The van der Waals surface area contributed by atoms with Crippen molar-refractivity contribution in [3.05, 3.63) is 421 Å². The molecule has 0 spiro atoms. The molecule has 35 heteroatoms. The Morgan fingerprint density at radius 2 is 0.475 bits per heavy atom. The molecule has 0 saturated heterocycles. The third kappa shape index (κ3) is 31.1. The smallest absolute Gasteiger partial charge is 0.229 e. The molecule has 0 atom stereocenters. The van der Waals surface area contributed by atoms with Gasteiger partial charge in [-0.05, 0) is 265 Å². The van der Waals surface area contributed by atoms with Crippen LogP contribution < -0.4 is 68.5 Å².